The molecule has 3 nitrogen and oxygen atoms in total. The Morgan fingerprint density at radius 3 is 2.33 bits per heavy atom. The maximum Gasteiger partial charge on any atom is 0.247 e. The average molecular weight is 261 g/mol. The molecule has 0 aromatic rings. The number of alkyl halides is 2. The highest BCUT2D eigenvalue weighted by Gasteiger charge is 2.19. The van der Waals surface area contributed by atoms with Gasteiger partial charge in [-0.15, -0.1) is 0 Å². The molecule has 1 amide bonds. The highest BCUT2D eigenvalue weighted by atomic mass is 79.9. The Kier molecular flexibility index (Phi) is 4.43. The molecule has 2 unspecified atom stereocenters. The lowest BCUT2D eigenvalue weighted by atomic mass is 10.3. The third-order valence-corrected chi connectivity index (χ3v) is 3.17. The molecule has 3 N–H and O–H groups in total. The van der Waals surface area contributed by atoms with Crippen LogP contribution in [0.2, 0.25) is 0 Å². The number of nitrogens with two attached hydrogens (primary N) is 1. The summed E-state index contributed by atoms with van der Waals surface area (Å²) in [5, 5.41) is 9.34. The molecule has 0 heterocycles. The number of hydrogen-bond acceptors (Lipinski definition) is 2. The topological polar surface area (TPSA) is 63.3 Å². The van der Waals surface area contributed by atoms with Crippen molar-refractivity contribution >= 4 is 37.8 Å². The van der Waals surface area contributed by atoms with E-state index in [4.69, 9.17) is 10.8 Å². The van der Waals surface area contributed by atoms with Gasteiger partial charge in [-0.25, -0.2) is 0 Å². The van der Waals surface area contributed by atoms with Crippen molar-refractivity contribution in [3.05, 3.63) is 0 Å². The molecule has 0 aliphatic heterocycles. The Morgan fingerprint density at radius 2 is 2.22 bits per heavy atom. The van der Waals surface area contributed by atoms with Gasteiger partial charge in [0, 0.05) is 5.33 Å². The number of halogens is 2. The van der Waals surface area contributed by atoms with E-state index in [2.05, 4.69) is 31.9 Å². The molecule has 0 saturated carbocycles. The molecule has 54 valence electrons. The quantitative estimate of drug-likeness (QED) is 0.702. The molecule has 0 spiro atoms. The number of amides is 1. The van der Waals surface area contributed by atoms with E-state index in [9.17, 15) is 4.79 Å². The van der Waals surface area contributed by atoms with Gasteiger partial charge >= 0.3 is 0 Å². The summed E-state index contributed by atoms with van der Waals surface area (Å²) < 4.78 is 0. The molecule has 5 heteroatoms. The Morgan fingerprint density at radius 1 is 1.78 bits per heavy atom. The van der Waals surface area contributed by atoms with Crippen LogP contribution in [0.15, 0.2) is 0 Å². The van der Waals surface area contributed by atoms with Gasteiger partial charge in [-0.3, -0.25) is 4.79 Å². The largest absolute Gasteiger partial charge is 0.382 e. The summed E-state index contributed by atoms with van der Waals surface area (Å²) in [6.45, 7) is 0. The maximum absolute atomic E-state index is 10.2. The van der Waals surface area contributed by atoms with Gasteiger partial charge in [-0.1, -0.05) is 31.9 Å². The molecule has 2 atom stereocenters. The van der Waals surface area contributed by atoms with Gasteiger partial charge < -0.3 is 10.8 Å². The van der Waals surface area contributed by atoms with Crippen molar-refractivity contribution in [3.63, 3.8) is 0 Å². The standard InChI is InChI=1S/C4H7Br2NO2/c5-1-2(6)3(8)4(7)9/h2-3,8H,1H2,(H2,7,9). The van der Waals surface area contributed by atoms with E-state index >= 15 is 0 Å². The van der Waals surface area contributed by atoms with Crippen LogP contribution < -0.4 is 5.73 Å². The van der Waals surface area contributed by atoms with Gasteiger partial charge in [-0.05, 0) is 0 Å². The fraction of sp³-hybridized carbons (Fsp3) is 0.750. The van der Waals surface area contributed by atoms with Crippen LogP contribution in [0.3, 0.4) is 0 Å². The molecule has 0 aliphatic carbocycles. The van der Waals surface area contributed by atoms with Crippen molar-refractivity contribution in [2.75, 3.05) is 5.33 Å². The summed E-state index contributed by atoms with van der Waals surface area (Å²) in [5.74, 6) is -0.712. The van der Waals surface area contributed by atoms with E-state index in [0.717, 1.165) is 0 Å². The molecule has 0 aromatic carbocycles. The first-order valence-corrected chi connectivity index (χ1v) is 4.30. The van der Waals surface area contributed by atoms with Gasteiger partial charge in [0.15, 0.2) is 0 Å². The number of primary amides is 1. The van der Waals surface area contributed by atoms with Crippen LogP contribution in [0.5, 0.6) is 0 Å². The smallest absolute Gasteiger partial charge is 0.247 e. The summed E-state index contributed by atoms with van der Waals surface area (Å²) in [4.78, 5) is 9.92. The molecular weight excluding hydrogens is 254 g/mol. The fourth-order valence-electron chi connectivity index (χ4n) is 0.263. The van der Waals surface area contributed by atoms with E-state index < -0.39 is 12.0 Å². The SMILES string of the molecule is NC(=O)C(O)C(Br)CBr. The first kappa shape index (κ1) is 9.39. The van der Waals surface area contributed by atoms with Crippen molar-refractivity contribution in [2.24, 2.45) is 5.73 Å². The molecule has 0 radical (unpaired) electrons. The minimum Gasteiger partial charge on any atom is -0.382 e. The lowest BCUT2D eigenvalue weighted by molar-refractivity contribution is -0.125. The van der Waals surface area contributed by atoms with E-state index in [1.165, 1.54) is 0 Å². The zero-order chi connectivity index (χ0) is 7.44. The zero-order valence-corrected chi connectivity index (χ0v) is 7.72. The number of carbonyl (C=O) groups is 1. The van der Waals surface area contributed by atoms with Gasteiger partial charge in [-0.2, -0.15) is 0 Å². The predicted molar refractivity (Wildman–Crippen MR) is 41.7 cm³/mol. The molecule has 0 saturated heterocycles. The Balaban J connectivity index is 3.72. The summed E-state index contributed by atoms with van der Waals surface area (Å²) in [5.41, 5.74) is 4.77. The summed E-state index contributed by atoms with van der Waals surface area (Å²) in [7, 11) is 0. The van der Waals surface area contributed by atoms with Gasteiger partial charge in [0.2, 0.25) is 5.91 Å². The van der Waals surface area contributed by atoms with Crippen molar-refractivity contribution in [1.29, 1.82) is 0 Å². The van der Waals surface area contributed by atoms with Crippen LogP contribution in [0.25, 0.3) is 0 Å². The van der Waals surface area contributed by atoms with Crippen LogP contribution in [0.4, 0.5) is 0 Å². The highest BCUT2D eigenvalue weighted by molar-refractivity contribution is 9.12. The lowest BCUT2D eigenvalue weighted by Crippen LogP contribution is -2.36. The second kappa shape index (κ2) is 4.24. The number of aliphatic hydroxyl groups is 1. The fourth-order valence-corrected chi connectivity index (χ4v) is 0.877. The van der Waals surface area contributed by atoms with E-state index in [-0.39, 0.29) is 4.83 Å². The second-order valence-electron chi connectivity index (χ2n) is 1.52. The van der Waals surface area contributed by atoms with Gasteiger partial charge in [0.1, 0.15) is 6.10 Å². The first-order chi connectivity index (χ1) is 4.09. The van der Waals surface area contributed by atoms with Crippen molar-refractivity contribution in [3.8, 4) is 0 Å². The molecule has 0 aliphatic rings. The molecule has 0 rings (SSSR count). The molecular formula is C4H7Br2NO2. The van der Waals surface area contributed by atoms with Gasteiger partial charge in [0.25, 0.3) is 0 Å². The third-order valence-electron chi connectivity index (χ3n) is 0.782. The first-order valence-electron chi connectivity index (χ1n) is 2.27. The minimum absolute atomic E-state index is 0.296. The summed E-state index contributed by atoms with van der Waals surface area (Å²) >= 11 is 6.11. The Labute approximate surface area is 69.9 Å². The van der Waals surface area contributed by atoms with E-state index in [1.54, 1.807) is 0 Å². The highest BCUT2D eigenvalue weighted by Crippen LogP contribution is 2.07. The minimum atomic E-state index is -1.11. The Bertz CT molecular complexity index is 109. The van der Waals surface area contributed by atoms with Crippen LogP contribution in [0.1, 0.15) is 0 Å². The molecule has 0 fully saturated rings. The van der Waals surface area contributed by atoms with Crippen molar-refractivity contribution in [1.82, 2.24) is 0 Å². The lowest BCUT2D eigenvalue weighted by Gasteiger charge is -2.09. The van der Waals surface area contributed by atoms with Crippen LogP contribution >= 0.6 is 31.9 Å². The molecule has 0 bridgehead atoms. The maximum atomic E-state index is 10.2. The Hall–Kier alpha value is 0.390. The normalized spacial score (nSPS) is 16.8. The third kappa shape index (κ3) is 3.17. The monoisotopic (exact) mass is 259 g/mol. The van der Waals surface area contributed by atoms with Crippen LogP contribution in [-0.4, -0.2) is 27.3 Å². The summed E-state index contributed by atoms with van der Waals surface area (Å²) in [6.07, 6.45) is -1.11. The van der Waals surface area contributed by atoms with Crippen LogP contribution in [-0.2, 0) is 4.79 Å². The van der Waals surface area contributed by atoms with E-state index in [0.29, 0.717) is 5.33 Å². The molecule has 0 aromatic heterocycles. The van der Waals surface area contributed by atoms with Crippen LogP contribution in [0, 0.1) is 0 Å². The number of rotatable bonds is 3. The second-order valence-corrected chi connectivity index (χ2v) is 3.34. The average Bonchev–Trinajstić information content (AvgIpc) is 1.84. The zero-order valence-electron chi connectivity index (χ0n) is 4.55. The summed E-state index contributed by atoms with van der Waals surface area (Å²) in [6, 6.07) is 0. The number of carbonyl (C=O) groups excluding carboxylic acids is 1. The van der Waals surface area contributed by atoms with Crippen molar-refractivity contribution < 1.29 is 9.90 Å². The molecule has 9 heavy (non-hydrogen) atoms. The van der Waals surface area contributed by atoms with Crippen molar-refractivity contribution in [2.45, 2.75) is 10.9 Å². The predicted octanol–water partition coefficient (Wildman–Crippen LogP) is -0.00900. The number of hydrogen-bond donors (Lipinski definition) is 2. The van der Waals surface area contributed by atoms with E-state index in [1.807, 2.05) is 0 Å². The van der Waals surface area contributed by atoms with Gasteiger partial charge in [0.05, 0.1) is 4.83 Å². The number of aliphatic hydroxyl groups excluding tert-OH is 1.